The maximum atomic E-state index is 5.51. The summed E-state index contributed by atoms with van der Waals surface area (Å²) in [5.74, 6) is 2.57. The molecular weight excluding hydrogens is 188 g/mol. The van der Waals surface area contributed by atoms with Gasteiger partial charge in [0.1, 0.15) is 0 Å². The molecule has 1 aliphatic carbocycles. The van der Waals surface area contributed by atoms with E-state index in [-0.39, 0.29) is 0 Å². The van der Waals surface area contributed by atoms with Crippen LogP contribution in [0.5, 0.6) is 0 Å². The van der Waals surface area contributed by atoms with Crippen LogP contribution in [0.2, 0.25) is 0 Å². The van der Waals surface area contributed by atoms with Gasteiger partial charge in [-0.05, 0) is 31.3 Å². The monoisotopic (exact) mass is 212 g/mol. The Morgan fingerprint density at radius 3 is 2.60 bits per heavy atom. The van der Waals surface area contributed by atoms with Crippen LogP contribution < -0.4 is 10.6 Å². The largest absolute Gasteiger partial charge is 0.379 e. The molecule has 88 valence electrons. The van der Waals surface area contributed by atoms with Crippen LogP contribution in [-0.2, 0) is 4.74 Å². The smallest absolute Gasteiger partial charge is 0.0623 e. The molecule has 1 heterocycles. The molecule has 2 rings (SSSR count). The van der Waals surface area contributed by atoms with Gasteiger partial charge in [-0.15, -0.1) is 0 Å². The highest BCUT2D eigenvalue weighted by molar-refractivity contribution is 4.86. The van der Waals surface area contributed by atoms with Crippen molar-refractivity contribution in [3.05, 3.63) is 0 Å². The zero-order chi connectivity index (χ0) is 10.7. The average molecular weight is 212 g/mol. The van der Waals surface area contributed by atoms with E-state index in [0.717, 1.165) is 38.1 Å². The summed E-state index contributed by atoms with van der Waals surface area (Å²) in [7, 11) is 0. The number of rotatable bonds is 6. The van der Waals surface area contributed by atoms with Crippen molar-refractivity contribution in [2.75, 3.05) is 32.8 Å². The van der Waals surface area contributed by atoms with Gasteiger partial charge in [-0.25, -0.2) is 0 Å². The number of ether oxygens (including phenoxy) is 1. The lowest BCUT2D eigenvalue weighted by Crippen LogP contribution is -2.40. The minimum atomic E-state index is 0.569. The van der Waals surface area contributed by atoms with Crippen LogP contribution in [0, 0.1) is 17.8 Å². The molecule has 4 atom stereocenters. The van der Waals surface area contributed by atoms with Gasteiger partial charge >= 0.3 is 0 Å². The Kier molecular flexibility index (Phi) is 4.00. The van der Waals surface area contributed by atoms with E-state index in [1.807, 2.05) is 0 Å². The molecule has 2 aliphatic rings. The first-order chi connectivity index (χ1) is 7.31. The Hall–Kier alpha value is -0.120. The van der Waals surface area contributed by atoms with E-state index < -0.39 is 0 Å². The van der Waals surface area contributed by atoms with E-state index in [9.17, 15) is 0 Å². The number of nitrogens with one attached hydrogen (secondary N) is 2. The molecule has 0 spiro atoms. The molecular formula is C12H24N2O. The normalized spacial score (nSPS) is 39.6. The molecule has 1 saturated carbocycles. The molecule has 0 aromatic rings. The second kappa shape index (κ2) is 5.28. The molecule has 2 N–H and O–H groups in total. The second-order valence-corrected chi connectivity index (χ2v) is 5.09. The van der Waals surface area contributed by atoms with Gasteiger partial charge in [-0.1, -0.05) is 13.8 Å². The van der Waals surface area contributed by atoms with Crippen molar-refractivity contribution in [2.45, 2.75) is 26.3 Å². The molecule has 2 fully saturated rings. The van der Waals surface area contributed by atoms with Crippen LogP contribution in [0.4, 0.5) is 0 Å². The summed E-state index contributed by atoms with van der Waals surface area (Å²) in [6.45, 7) is 9.67. The summed E-state index contributed by atoms with van der Waals surface area (Å²) in [5, 5.41) is 7.08. The maximum Gasteiger partial charge on any atom is 0.0623 e. The Morgan fingerprint density at radius 1 is 1.20 bits per heavy atom. The Morgan fingerprint density at radius 2 is 1.93 bits per heavy atom. The van der Waals surface area contributed by atoms with Gasteiger partial charge in [0.25, 0.3) is 0 Å². The maximum absolute atomic E-state index is 5.51. The van der Waals surface area contributed by atoms with Crippen LogP contribution in [0.3, 0.4) is 0 Å². The van der Waals surface area contributed by atoms with Gasteiger partial charge < -0.3 is 15.4 Å². The van der Waals surface area contributed by atoms with Crippen molar-refractivity contribution >= 4 is 0 Å². The number of hydrogen-bond donors (Lipinski definition) is 2. The van der Waals surface area contributed by atoms with Gasteiger partial charge in [0.2, 0.25) is 0 Å². The van der Waals surface area contributed by atoms with Crippen molar-refractivity contribution in [3.63, 3.8) is 0 Å². The highest BCUT2D eigenvalue weighted by atomic mass is 16.5. The van der Waals surface area contributed by atoms with Crippen molar-refractivity contribution in [2.24, 2.45) is 17.8 Å². The summed E-state index contributed by atoms with van der Waals surface area (Å²) < 4.78 is 5.51. The van der Waals surface area contributed by atoms with E-state index in [1.165, 1.54) is 13.0 Å². The predicted octanol–water partition coefficient (Wildman–Crippen LogP) is 0.856. The quantitative estimate of drug-likeness (QED) is 0.685. The molecule has 0 aromatic carbocycles. The summed E-state index contributed by atoms with van der Waals surface area (Å²) >= 11 is 0. The third-order valence-electron chi connectivity index (χ3n) is 3.75. The van der Waals surface area contributed by atoms with Crippen LogP contribution in [-0.4, -0.2) is 38.9 Å². The lowest BCUT2D eigenvalue weighted by molar-refractivity contribution is 0.182. The van der Waals surface area contributed by atoms with E-state index in [1.54, 1.807) is 0 Å². The average Bonchev–Trinajstić information content (AvgIpc) is 2.74. The Labute approximate surface area is 93.0 Å². The van der Waals surface area contributed by atoms with Crippen molar-refractivity contribution < 1.29 is 4.74 Å². The first-order valence-electron chi connectivity index (χ1n) is 6.33. The van der Waals surface area contributed by atoms with E-state index in [4.69, 9.17) is 4.74 Å². The predicted molar refractivity (Wildman–Crippen MR) is 61.9 cm³/mol. The molecule has 3 heteroatoms. The van der Waals surface area contributed by atoms with Crippen molar-refractivity contribution in [3.8, 4) is 0 Å². The first kappa shape index (κ1) is 11.4. The SMILES string of the molecule is CCNC1COCC1CNCC1CC1C. The highest BCUT2D eigenvalue weighted by Gasteiger charge is 2.32. The summed E-state index contributed by atoms with van der Waals surface area (Å²) in [6.07, 6.45) is 1.42. The number of likely N-dealkylation sites (N-methyl/N-ethyl adjacent to an activating group) is 1. The van der Waals surface area contributed by atoms with Gasteiger partial charge in [0, 0.05) is 18.5 Å². The van der Waals surface area contributed by atoms with Crippen LogP contribution in [0.1, 0.15) is 20.3 Å². The molecule has 1 saturated heterocycles. The Bertz CT molecular complexity index is 198. The van der Waals surface area contributed by atoms with Crippen molar-refractivity contribution in [1.82, 2.24) is 10.6 Å². The Balaban J connectivity index is 1.60. The zero-order valence-corrected chi connectivity index (χ0v) is 9.96. The molecule has 0 bridgehead atoms. The minimum Gasteiger partial charge on any atom is -0.379 e. The first-order valence-corrected chi connectivity index (χ1v) is 6.33. The van der Waals surface area contributed by atoms with Gasteiger partial charge in [0.15, 0.2) is 0 Å². The van der Waals surface area contributed by atoms with Crippen molar-refractivity contribution in [1.29, 1.82) is 0 Å². The van der Waals surface area contributed by atoms with E-state index >= 15 is 0 Å². The van der Waals surface area contributed by atoms with Crippen LogP contribution in [0.25, 0.3) is 0 Å². The third-order valence-corrected chi connectivity index (χ3v) is 3.75. The summed E-state index contributed by atoms with van der Waals surface area (Å²) in [4.78, 5) is 0. The fourth-order valence-electron chi connectivity index (χ4n) is 2.43. The zero-order valence-electron chi connectivity index (χ0n) is 9.96. The lowest BCUT2D eigenvalue weighted by Gasteiger charge is -2.18. The standard InChI is InChI=1S/C12H24N2O/c1-3-14-12-8-15-7-11(12)6-13-5-10-4-9(10)2/h9-14H,3-8H2,1-2H3. The van der Waals surface area contributed by atoms with Crippen LogP contribution in [0.15, 0.2) is 0 Å². The molecule has 1 aliphatic heterocycles. The van der Waals surface area contributed by atoms with E-state index in [2.05, 4.69) is 24.5 Å². The highest BCUT2D eigenvalue weighted by Crippen LogP contribution is 2.36. The van der Waals surface area contributed by atoms with Gasteiger partial charge in [-0.3, -0.25) is 0 Å². The molecule has 15 heavy (non-hydrogen) atoms. The molecule has 0 amide bonds. The second-order valence-electron chi connectivity index (χ2n) is 5.09. The van der Waals surface area contributed by atoms with E-state index in [0.29, 0.717) is 12.0 Å². The van der Waals surface area contributed by atoms with Crippen LogP contribution >= 0.6 is 0 Å². The lowest BCUT2D eigenvalue weighted by atomic mass is 10.0. The summed E-state index contributed by atoms with van der Waals surface area (Å²) in [6, 6.07) is 0.569. The third kappa shape index (κ3) is 3.16. The minimum absolute atomic E-state index is 0.569. The molecule has 0 radical (unpaired) electrons. The molecule has 3 nitrogen and oxygen atoms in total. The van der Waals surface area contributed by atoms with Gasteiger partial charge in [0.05, 0.1) is 13.2 Å². The fraction of sp³-hybridized carbons (Fsp3) is 1.00. The topological polar surface area (TPSA) is 33.3 Å². The number of hydrogen-bond acceptors (Lipinski definition) is 3. The fourth-order valence-corrected chi connectivity index (χ4v) is 2.43. The molecule has 4 unspecified atom stereocenters. The van der Waals surface area contributed by atoms with Gasteiger partial charge in [-0.2, -0.15) is 0 Å². The molecule has 0 aromatic heterocycles. The summed E-state index contributed by atoms with van der Waals surface area (Å²) in [5.41, 5.74) is 0.